The molecule has 2 amide bonds. The Morgan fingerprint density at radius 3 is 2.85 bits per heavy atom. The van der Waals surface area contributed by atoms with Crippen LogP contribution in [0.1, 0.15) is 18.4 Å². The number of hydrazone groups is 1. The van der Waals surface area contributed by atoms with Gasteiger partial charge in [0.15, 0.2) is 0 Å². The molecule has 3 rings (SSSR count). The predicted octanol–water partition coefficient (Wildman–Crippen LogP) is 2.35. The largest absolute Gasteiger partial charge is 0.489 e. The van der Waals surface area contributed by atoms with Crippen LogP contribution in [0.15, 0.2) is 47.7 Å². The number of rotatable bonds is 5. The minimum absolute atomic E-state index is 0.123. The lowest BCUT2D eigenvalue weighted by molar-refractivity contribution is -0.130. The third kappa shape index (κ3) is 4.41. The minimum atomic E-state index is -0.388. The average molecular weight is 356 g/mol. The summed E-state index contributed by atoms with van der Waals surface area (Å²) >= 11 is 0. The Morgan fingerprint density at radius 2 is 2.15 bits per heavy atom. The number of pyridine rings is 1. The first-order valence-corrected chi connectivity index (χ1v) is 8.00. The van der Waals surface area contributed by atoms with E-state index in [0.717, 1.165) is 5.56 Å². The van der Waals surface area contributed by atoms with Crippen molar-refractivity contribution in [2.75, 3.05) is 12.4 Å². The molecule has 0 saturated carbocycles. The monoisotopic (exact) mass is 356 g/mol. The van der Waals surface area contributed by atoms with Crippen molar-refractivity contribution in [3.8, 4) is 5.75 Å². The van der Waals surface area contributed by atoms with Crippen molar-refractivity contribution in [3.05, 3.63) is 54.0 Å². The van der Waals surface area contributed by atoms with Gasteiger partial charge in [-0.2, -0.15) is 5.10 Å². The Morgan fingerprint density at radius 1 is 1.31 bits per heavy atom. The van der Waals surface area contributed by atoms with Crippen LogP contribution in [0.5, 0.6) is 5.75 Å². The molecule has 0 fully saturated rings. The number of carbonyl (C=O) groups excluding carboxylic acids is 2. The van der Waals surface area contributed by atoms with E-state index in [4.69, 9.17) is 4.74 Å². The molecule has 134 valence electrons. The average Bonchev–Trinajstić information content (AvgIpc) is 2.63. The summed E-state index contributed by atoms with van der Waals surface area (Å²) in [6.45, 7) is 0.226. The van der Waals surface area contributed by atoms with Crippen LogP contribution < -0.4 is 10.1 Å². The summed E-state index contributed by atoms with van der Waals surface area (Å²) in [6.07, 6.45) is 2.12. The molecule has 7 nitrogen and oxygen atoms in total. The first-order chi connectivity index (χ1) is 12.5. The quantitative estimate of drug-likeness (QED) is 0.891. The molecule has 8 heteroatoms. The fraction of sp³-hybridized carbons (Fsp3) is 0.222. The number of nitrogens with zero attached hydrogens (tertiary/aromatic N) is 3. The van der Waals surface area contributed by atoms with E-state index in [9.17, 15) is 14.0 Å². The minimum Gasteiger partial charge on any atom is -0.489 e. The summed E-state index contributed by atoms with van der Waals surface area (Å²) < 4.78 is 18.6. The van der Waals surface area contributed by atoms with Gasteiger partial charge in [0.05, 0.1) is 0 Å². The van der Waals surface area contributed by atoms with E-state index in [1.807, 2.05) is 0 Å². The van der Waals surface area contributed by atoms with Crippen molar-refractivity contribution in [1.82, 2.24) is 9.99 Å². The number of aromatic nitrogens is 1. The molecule has 1 aliphatic heterocycles. The van der Waals surface area contributed by atoms with Crippen LogP contribution in [0, 0.1) is 5.82 Å². The summed E-state index contributed by atoms with van der Waals surface area (Å²) in [4.78, 5) is 27.7. The van der Waals surface area contributed by atoms with Gasteiger partial charge in [0, 0.05) is 37.7 Å². The zero-order valence-corrected chi connectivity index (χ0v) is 14.1. The number of ether oxygens (including phenoxy) is 1. The lowest BCUT2D eigenvalue weighted by Gasteiger charge is -2.18. The van der Waals surface area contributed by atoms with Crippen molar-refractivity contribution in [3.63, 3.8) is 0 Å². The molecule has 0 bridgehead atoms. The Kier molecular flexibility index (Phi) is 5.21. The third-order valence-corrected chi connectivity index (χ3v) is 3.74. The molecule has 1 aromatic heterocycles. The van der Waals surface area contributed by atoms with Gasteiger partial charge in [0.1, 0.15) is 29.7 Å². The number of amides is 2. The zero-order chi connectivity index (χ0) is 18.5. The number of anilines is 1. The lowest BCUT2D eigenvalue weighted by Crippen LogP contribution is -2.34. The first kappa shape index (κ1) is 17.5. The smallest absolute Gasteiger partial charge is 0.273 e. The third-order valence-electron chi connectivity index (χ3n) is 3.74. The Bertz CT molecular complexity index is 852. The topological polar surface area (TPSA) is 83.9 Å². The van der Waals surface area contributed by atoms with Gasteiger partial charge in [-0.25, -0.2) is 14.4 Å². The molecule has 26 heavy (non-hydrogen) atoms. The molecule has 0 spiro atoms. The van der Waals surface area contributed by atoms with Crippen LogP contribution in [0.3, 0.4) is 0 Å². The molecular weight excluding hydrogens is 339 g/mol. The van der Waals surface area contributed by atoms with Crippen molar-refractivity contribution in [1.29, 1.82) is 0 Å². The van der Waals surface area contributed by atoms with Gasteiger partial charge in [0.25, 0.3) is 5.91 Å². The maximum Gasteiger partial charge on any atom is 0.273 e. The van der Waals surface area contributed by atoms with Crippen LogP contribution in [-0.2, 0) is 16.2 Å². The number of benzene rings is 1. The van der Waals surface area contributed by atoms with Crippen molar-refractivity contribution >= 4 is 23.3 Å². The van der Waals surface area contributed by atoms with Gasteiger partial charge in [-0.15, -0.1) is 0 Å². The molecule has 1 aliphatic rings. The fourth-order valence-electron chi connectivity index (χ4n) is 2.33. The number of halogens is 1. The maximum atomic E-state index is 13.1. The molecule has 0 radical (unpaired) electrons. The van der Waals surface area contributed by atoms with Crippen LogP contribution in [0.4, 0.5) is 10.2 Å². The van der Waals surface area contributed by atoms with E-state index >= 15 is 0 Å². The predicted molar refractivity (Wildman–Crippen MR) is 93.0 cm³/mol. The Labute approximate surface area is 149 Å². The highest BCUT2D eigenvalue weighted by Gasteiger charge is 2.22. The van der Waals surface area contributed by atoms with Gasteiger partial charge >= 0.3 is 0 Å². The number of hydrogen-bond acceptors (Lipinski definition) is 5. The summed E-state index contributed by atoms with van der Waals surface area (Å²) in [5, 5.41) is 7.77. The normalized spacial score (nSPS) is 14.0. The highest BCUT2D eigenvalue weighted by molar-refractivity contribution is 6.43. The molecule has 1 N–H and O–H groups in total. The van der Waals surface area contributed by atoms with Crippen LogP contribution >= 0.6 is 0 Å². The van der Waals surface area contributed by atoms with Crippen LogP contribution in [0.2, 0.25) is 0 Å². The van der Waals surface area contributed by atoms with Crippen molar-refractivity contribution in [2.45, 2.75) is 19.4 Å². The first-order valence-electron chi connectivity index (χ1n) is 8.00. The molecule has 0 atom stereocenters. The summed E-state index contributed by atoms with van der Waals surface area (Å²) in [5.74, 6) is -0.0808. The summed E-state index contributed by atoms with van der Waals surface area (Å²) in [5.41, 5.74) is 1.06. The van der Waals surface area contributed by atoms with Gasteiger partial charge in [-0.05, 0) is 18.2 Å². The SMILES string of the molecule is CN1N=C(C(=O)Nc2ccc(COc3cccc(F)c3)cn2)CCC1=O. The second kappa shape index (κ2) is 7.73. The van der Waals surface area contributed by atoms with Gasteiger partial charge < -0.3 is 10.1 Å². The molecule has 0 aliphatic carbocycles. The standard InChI is InChI=1S/C18H17FN4O3/c1-23-17(24)8-6-15(22-23)18(25)21-16-7-5-12(10-20-16)11-26-14-4-2-3-13(19)9-14/h2-5,7,9-10H,6,8,11H2,1H3,(H,20,21,25). The van der Waals surface area contributed by atoms with E-state index < -0.39 is 0 Å². The molecular formula is C18H17FN4O3. The second-order valence-corrected chi connectivity index (χ2v) is 5.72. The van der Waals surface area contributed by atoms with Gasteiger partial charge in [-0.3, -0.25) is 9.59 Å². The van der Waals surface area contributed by atoms with E-state index in [2.05, 4.69) is 15.4 Å². The number of carbonyl (C=O) groups is 2. The van der Waals surface area contributed by atoms with Gasteiger partial charge in [0.2, 0.25) is 5.91 Å². The zero-order valence-electron chi connectivity index (χ0n) is 14.1. The highest BCUT2D eigenvalue weighted by atomic mass is 19.1. The van der Waals surface area contributed by atoms with E-state index in [1.165, 1.54) is 24.2 Å². The second-order valence-electron chi connectivity index (χ2n) is 5.72. The summed E-state index contributed by atoms with van der Waals surface area (Å²) in [6, 6.07) is 9.27. The Balaban J connectivity index is 1.57. The highest BCUT2D eigenvalue weighted by Crippen LogP contribution is 2.15. The molecule has 1 aromatic carbocycles. The van der Waals surface area contributed by atoms with Gasteiger partial charge in [-0.1, -0.05) is 12.1 Å². The van der Waals surface area contributed by atoms with Crippen LogP contribution in [-0.4, -0.2) is 34.6 Å². The van der Waals surface area contributed by atoms with Crippen molar-refractivity contribution < 1.29 is 18.7 Å². The number of hydrogen-bond donors (Lipinski definition) is 1. The Hall–Kier alpha value is -3.29. The number of nitrogens with one attached hydrogen (secondary N) is 1. The van der Waals surface area contributed by atoms with E-state index in [-0.39, 0.29) is 36.4 Å². The molecule has 2 heterocycles. The molecule has 0 saturated heterocycles. The van der Waals surface area contributed by atoms with Crippen molar-refractivity contribution in [2.24, 2.45) is 5.10 Å². The van der Waals surface area contributed by atoms with E-state index in [0.29, 0.717) is 18.0 Å². The molecule has 2 aromatic rings. The summed E-state index contributed by atoms with van der Waals surface area (Å²) in [7, 11) is 1.51. The van der Waals surface area contributed by atoms with E-state index in [1.54, 1.807) is 30.5 Å². The molecule has 0 unspecified atom stereocenters. The fourth-order valence-corrected chi connectivity index (χ4v) is 2.33. The maximum absolute atomic E-state index is 13.1. The van der Waals surface area contributed by atoms with Crippen LogP contribution in [0.25, 0.3) is 0 Å². The lowest BCUT2D eigenvalue weighted by atomic mass is 10.1.